The van der Waals surface area contributed by atoms with Crippen LogP contribution < -0.4 is 0 Å². The Bertz CT molecular complexity index is 225. The van der Waals surface area contributed by atoms with Gasteiger partial charge in [0, 0.05) is 18.8 Å². The molecule has 0 rings (SSSR count). The third kappa shape index (κ3) is 5.06. The van der Waals surface area contributed by atoms with Crippen LogP contribution in [0.1, 0.15) is 26.7 Å². The van der Waals surface area contributed by atoms with Crippen LogP contribution in [0.4, 0.5) is 0 Å². The molecule has 0 aliphatic rings. The molecular formula is C10H14O3. The van der Waals surface area contributed by atoms with Gasteiger partial charge in [0.1, 0.15) is 17.9 Å². The number of ketones is 2. The minimum absolute atomic E-state index is 0.0331. The average Bonchev–Trinajstić information content (AvgIpc) is 2.00. The highest BCUT2D eigenvalue weighted by Gasteiger charge is 2.16. The molecule has 0 saturated carbocycles. The van der Waals surface area contributed by atoms with Crippen LogP contribution in [-0.2, 0) is 14.4 Å². The molecule has 0 spiro atoms. The summed E-state index contributed by atoms with van der Waals surface area (Å²) in [4.78, 5) is 32.0. The van der Waals surface area contributed by atoms with Crippen molar-refractivity contribution in [2.75, 3.05) is 0 Å². The molecule has 0 N–H and O–H groups in total. The lowest BCUT2D eigenvalue weighted by atomic mass is 9.91. The first-order chi connectivity index (χ1) is 5.97. The molecule has 0 fully saturated rings. The van der Waals surface area contributed by atoms with Crippen molar-refractivity contribution in [2.24, 2.45) is 5.92 Å². The highest BCUT2D eigenvalue weighted by atomic mass is 16.1. The van der Waals surface area contributed by atoms with Crippen LogP contribution in [-0.4, -0.2) is 17.9 Å². The number of aldehydes is 1. The number of hydrogen-bond acceptors (Lipinski definition) is 3. The topological polar surface area (TPSA) is 51.2 Å². The lowest BCUT2D eigenvalue weighted by Gasteiger charge is -2.11. The van der Waals surface area contributed by atoms with Crippen molar-refractivity contribution in [2.45, 2.75) is 26.7 Å². The van der Waals surface area contributed by atoms with Crippen LogP contribution in [0.3, 0.4) is 0 Å². The van der Waals surface area contributed by atoms with Crippen LogP contribution in [0.5, 0.6) is 0 Å². The minimum atomic E-state index is -0.313. The maximum atomic E-state index is 10.8. The summed E-state index contributed by atoms with van der Waals surface area (Å²) in [5.41, 5.74) is 0.324. The zero-order valence-corrected chi connectivity index (χ0v) is 8.00. The van der Waals surface area contributed by atoms with Gasteiger partial charge in [-0.3, -0.25) is 4.79 Å². The van der Waals surface area contributed by atoms with E-state index in [4.69, 9.17) is 0 Å². The molecular weight excluding hydrogens is 168 g/mol. The van der Waals surface area contributed by atoms with Gasteiger partial charge < -0.3 is 9.59 Å². The van der Waals surface area contributed by atoms with Crippen LogP contribution >= 0.6 is 0 Å². The predicted molar refractivity (Wildman–Crippen MR) is 49.3 cm³/mol. The Kier molecular flexibility index (Phi) is 4.89. The third-order valence-electron chi connectivity index (χ3n) is 1.74. The summed E-state index contributed by atoms with van der Waals surface area (Å²) in [6.45, 7) is 6.38. The van der Waals surface area contributed by atoms with Crippen LogP contribution in [0.2, 0.25) is 0 Å². The maximum Gasteiger partial charge on any atom is 0.145 e. The first kappa shape index (κ1) is 11.8. The molecule has 0 heterocycles. The third-order valence-corrected chi connectivity index (χ3v) is 1.74. The van der Waals surface area contributed by atoms with Crippen molar-refractivity contribution in [3.8, 4) is 0 Å². The molecule has 0 bridgehead atoms. The second-order valence-corrected chi connectivity index (χ2v) is 3.20. The Morgan fingerprint density at radius 3 is 1.85 bits per heavy atom. The molecule has 0 saturated heterocycles. The Morgan fingerprint density at radius 2 is 1.62 bits per heavy atom. The predicted octanol–water partition coefficient (Wildman–Crippen LogP) is 1.32. The molecule has 0 aliphatic heterocycles. The van der Waals surface area contributed by atoms with Gasteiger partial charge >= 0.3 is 0 Å². The van der Waals surface area contributed by atoms with Gasteiger partial charge in [0.25, 0.3) is 0 Å². The van der Waals surface area contributed by atoms with Crippen molar-refractivity contribution in [1.82, 2.24) is 0 Å². The fourth-order valence-corrected chi connectivity index (χ4v) is 1.12. The molecule has 0 aromatic heterocycles. The van der Waals surface area contributed by atoms with Gasteiger partial charge in [-0.2, -0.15) is 0 Å². The fraction of sp³-hybridized carbons (Fsp3) is 0.500. The molecule has 0 amide bonds. The minimum Gasteiger partial charge on any atom is -0.300 e. The normalized spacial score (nSPS) is 9.77. The number of carbonyl (C=O) groups excluding carboxylic acids is 3. The number of Topliss-reactive ketones (excluding diaryl/α,β-unsaturated/α-hetero) is 2. The molecule has 3 heteroatoms. The van der Waals surface area contributed by atoms with Crippen LogP contribution in [0, 0.1) is 5.92 Å². The first-order valence-corrected chi connectivity index (χ1v) is 4.10. The molecule has 3 nitrogen and oxygen atoms in total. The van der Waals surface area contributed by atoms with Gasteiger partial charge in [0.05, 0.1) is 0 Å². The Morgan fingerprint density at radius 1 is 1.23 bits per heavy atom. The van der Waals surface area contributed by atoms with Crippen molar-refractivity contribution in [3.63, 3.8) is 0 Å². The first-order valence-electron chi connectivity index (χ1n) is 4.10. The summed E-state index contributed by atoms with van der Waals surface area (Å²) >= 11 is 0. The SMILES string of the molecule is C=C(C=O)C(CC(C)=O)CC(C)=O. The zero-order valence-electron chi connectivity index (χ0n) is 8.00. The lowest BCUT2D eigenvalue weighted by Crippen LogP contribution is -2.12. The van der Waals surface area contributed by atoms with E-state index in [2.05, 4.69) is 6.58 Å². The second kappa shape index (κ2) is 5.41. The van der Waals surface area contributed by atoms with Gasteiger partial charge in [-0.05, 0) is 19.4 Å². The molecule has 0 aliphatic carbocycles. The van der Waals surface area contributed by atoms with E-state index in [0.717, 1.165) is 0 Å². The van der Waals surface area contributed by atoms with E-state index in [1.54, 1.807) is 0 Å². The van der Waals surface area contributed by atoms with Crippen molar-refractivity contribution in [1.29, 1.82) is 0 Å². The summed E-state index contributed by atoms with van der Waals surface area (Å²) in [7, 11) is 0. The maximum absolute atomic E-state index is 10.8. The largest absolute Gasteiger partial charge is 0.300 e. The Labute approximate surface area is 77.8 Å². The monoisotopic (exact) mass is 182 g/mol. The fourth-order valence-electron chi connectivity index (χ4n) is 1.12. The quantitative estimate of drug-likeness (QED) is 0.459. The standard InChI is InChI=1S/C10H14O3/c1-7(6-11)10(4-8(2)12)5-9(3)13/h6,10H,1,4-5H2,2-3H3. The van der Waals surface area contributed by atoms with Crippen LogP contribution in [0.25, 0.3) is 0 Å². The van der Waals surface area contributed by atoms with E-state index in [-0.39, 0.29) is 30.3 Å². The van der Waals surface area contributed by atoms with Crippen LogP contribution in [0.15, 0.2) is 12.2 Å². The van der Waals surface area contributed by atoms with Crippen molar-refractivity contribution in [3.05, 3.63) is 12.2 Å². The van der Waals surface area contributed by atoms with Gasteiger partial charge in [-0.25, -0.2) is 0 Å². The molecule has 0 atom stereocenters. The van der Waals surface area contributed by atoms with Gasteiger partial charge in [0.15, 0.2) is 0 Å². The highest BCUT2D eigenvalue weighted by molar-refractivity contribution is 5.83. The van der Waals surface area contributed by atoms with E-state index >= 15 is 0 Å². The van der Waals surface area contributed by atoms with E-state index in [1.165, 1.54) is 13.8 Å². The lowest BCUT2D eigenvalue weighted by molar-refractivity contribution is -0.119. The number of allylic oxidation sites excluding steroid dienone is 1. The van der Waals surface area contributed by atoms with Gasteiger partial charge in [-0.15, -0.1) is 0 Å². The summed E-state index contributed by atoms with van der Waals surface area (Å²) in [5, 5.41) is 0. The average molecular weight is 182 g/mol. The smallest absolute Gasteiger partial charge is 0.145 e. The second-order valence-electron chi connectivity index (χ2n) is 3.20. The molecule has 0 aromatic carbocycles. The number of carbonyl (C=O) groups is 3. The van der Waals surface area contributed by atoms with E-state index in [0.29, 0.717) is 11.9 Å². The van der Waals surface area contributed by atoms with E-state index in [9.17, 15) is 14.4 Å². The summed E-state index contributed by atoms with van der Waals surface area (Å²) in [5.74, 6) is -0.379. The zero-order chi connectivity index (χ0) is 10.4. The highest BCUT2D eigenvalue weighted by Crippen LogP contribution is 2.17. The molecule has 13 heavy (non-hydrogen) atoms. The van der Waals surface area contributed by atoms with Crippen molar-refractivity contribution < 1.29 is 14.4 Å². The Hall–Kier alpha value is -1.25. The molecule has 0 aromatic rings. The Balaban J connectivity index is 4.35. The molecule has 0 radical (unpaired) electrons. The number of hydrogen-bond donors (Lipinski definition) is 0. The van der Waals surface area contributed by atoms with E-state index < -0.39 is 0 Å². The molecule has 72 valence electrons. The van der Waals surface area contributed by atoms with Crippen molar-refractivity contribution >= 4 is 17.9 Å². The summed E-state index contributed by atoms with van der Waals surface area (Å²) in [6, 6.07) is 0. The van der Waals surface area contributed by atoms with E-state index in [1.807, 2.05) is 0 Å². The van der Waals surface area contributed by atoms with Gasteiger partial charge in [0.2, 0.25) is 0 Å². The summed E-state index contributed by atoms with van der Waals surface area (Å²) < 4.78 is 0. The molecule has 0 unspecified atom stereocenters. The summed E-state index contributed by atoms with van der Waals surface area (Å²) in [6.07, 6.45) is 1.05. The van der Waals surface area contributed by atoms with Gasteiger partial charge in [-0.1, -0.05) is 6.58 Å². The number of rotatable bonds is 6.